The first-order valence-corrected chi connectivity index (χ1v) is 6.96. The second-order valence-electron chi connectivity index (χ2n) is 4.81. The van der Waals surface area contributed by atoms with Crippen molar-refractivity contribution in [1.29, 1.82) is 0 Å². The van der Waals surface area contributed by atoms with Gasteiger partial charge < -0.3 is 10.2 Å². The first-order valence-electron chi connectivity index (χ1n) is 6.58. The second kappa shape index (κ2) is 6.35. The molecule has 1 aliphatic rings. The molecule has 1 aromatic carbocycles. The Bertz CT molecular complexity index is 459. The Morgan fingerprint density at radius 1 is 1.47 bits per heavy atom. The summed E-state index contributed by atoms with van der Waals surface area (Å²) in [4.78, 5) is 14.4. The molecule has 1 amide bonds. The van der Waals surface area contributed by atoms with Gasteiger partial charge in [0, 0.05) is 19.1 Å². The molecule has 1 saturated heterocycles. The highest BCUT2D eigenvalue weighted by Crippen LogP contribution is 2.18. The molecule has 1 N–H and O–H groups in total. The molecule has 0 aromatic heterocycles. The molecule has 5 heteroatoms. The Balaban J connectivity index is 1.94. The largest absolute Gasteiger partial charge is 0.349 e. The van der Waals surface area contributed by atoms with Crippen molar-refractivity contribution in [2.75, 3.05) is 19.6 Å². The molecular weight excluding hydrogens is 267 g/mol. The fraction of sp³-hybridized carbons (Fsp3) is 0.500. The van der Waals surface area contributed by atoms with Crippen LogP contribution in [0.15, 0.2) is 18.2 Å². The van der Waals surface area contributed by atoms with E-state index in [1.54, 1.807) is 0 Å². The molecule has 1 aromatic rings. The number of rotatable bonds is 3. The van der Waals surface area contributed by atoms with Crippen LogP contribution < -0.4 is 5.32 Å². The van der Waals surface area contributed by atoms with Crippen molar-refractivity contribution < 1.29 is 9.18 Å². The molecule has 104 valence electrons. The lowest BCUT2D eigenvalue weighted by Gasteiger charge is -2.31. The summed E-state index contributed by atoms with van der Waals surface area (Å²) in [5, 5.41) is 3.12. The summed E-state index contributed by atoms with van der Waals surface area (Å²) < 4.78 is 12.9. The van der Waals surface area contributed by atoms with Crippen molar-refractivity contribution in [2.45, 2.75) is 25.8 Å². The fourth-order valence-electron chi connectivity index (χ4n) is 2.33. The summed E-state index contributed by atoms with van der Waals surface area (Å²) in [6, 6.07) is 4.02. The van der Waals surface area contributed by atoms with Crippen LogP contribution in [0.4, 0.5) is 4.39 Å². The zero-order valence-electron chi connectivity index (χ0n) is 11.0. The second-order valence-corrected chi connectivity index (χ2v) is 5.21. The van der Waals surface area contributed by atoms with Gasteiger partial charge in [-0.3, -0.25) is 4.79 Å². The van der Waals surface area contributed by atoms with Crippen molar-refractivity contribution in [3.8, 4) is 0 Å². The quantitative estimate of drug-likeness (QED) is 0.926. The summed E-state index contributed by atoms with van der Waals surface area (Å²) in [6.45, 7) is 5.18. The number of hydrogen-bond acceptors (Lipinski definition) is 2. The number of amides is 1. The summed E-state index contributed by atoms with van der Waals surface area (Å²) in [5.41, 5.74) is 0.334. The zero-order valence-corrected chi connectivity index (χ0v) is 11.7. The van der Waals surface area contributed by atoms with Gasteiger partial charge in [-0.25, -0.2) is 4.39 Å². The van der Waals surface area contributed by atoms with E-state index >= 15 is 0 Å². The lowest BCUT2D eigenvalue weighted by molar-refractivity contribution is 0.0913. The van der Waals surface area contributed by atoms with E-state index in [9.17, 15) is 9.18 Å². The van der Waals surface area contributed by atoms with Crippen LogP contribution in [0.25, 0.3) is 0 Å². The number of nitrogens with one attached hydrogen (secondary N) is 1. The van der Waals surface area contributed by atoms with Crippen LogP contribution in [0.3, 0.4) is 0 Å². The number of likely N-dealkylation sites (tertiary alicyclic amines) is 1. The minimum Gasteiger partial charge on any atom is -0.349 e. The van der Waals surface area contributed by atoms with Gasteiger partial charge in [-0.05, 0) is 37.6 Å². The van der Waals surface area contributed by atoms with Crippen molar-refractivity contribution in [1.82, 2.24) is 10.2 Å². The lowest BCUT2D eigenvalue weighted by Crippen LogP contribution is -2.44. The monoisotopic (exact) mass is 284 g/mol. The standard InChI is InChI=1S/C14H18ClFN2O/c1-2-18-7-5-11(6-8-18)17-14(19)12-4-3-10(16)9-13(12)15/h3-4,9,11H,2,5-8H2,1H3,(H,17,19). The van der Waals surface area contributed by atoms with E-state index in [1.807, 2.05) is 0 Å². The molecule has 19 heavy (non-hydrogen) atoms. The van der Waals surface area contributed by atoms with Crippen molar-refractivity contribution in [3.63, 3.8) is 0 Å². The van der Waals surface area contributed by atoms with E-state index in [2.05, 4.69) is 17.1 Å². The minimum absolute atomic E-state index is 0.156. The average molecular weight is 285 g/mol. The van der Waals surface area contributed by atoms with Crippen LogP contribution in [-0.4, -0.2) is 36.5 Å². The Labute approximate surface area is 117 Å². The first kappa shape index (κ1) is 14.3. The van der Waals surface area contributed by atoms with Crippen LogP contribution in [-0.2, 0) is 0 Å². The Morgan fingerprint density at radius 2 is 2.16 bits per heavy atom. The Morgan fingerprint density at radius 3 is 2.74 bits per heavy atom. The van der Waals surface area contributed by atoms with Gasteiger partial charge >= 0.3 is 0 Å². The van der Waals surface area contributed by atoms with Gasteiger partial charge in [0.25, 0.3) is 5.91 Å². The van der Waals surface area contributed by atoms with Gasteiger partial charge in [-0.2, -0.15) is 0 Å². The SMILES string of the molecule is CCN1CCC(NC(=O)c2ccc(F)cc2Cl)CC1. The van der Waals surface area contributed by atoms with Gasteiger partial charge in [0.15, 0.2) is 0 Å². The first-order chi connectivity index (χ1) is 9.10. The molecule has 2 rings (SSSR count). The highest BCUT2D eigenvalue weighted by molar-refractivity contribution is 6.33. The van der Waals surface area contributed by atoms with E-state index in [-0.39, 0.29) is 17.0 Å². The molecule has 0 unspecified atom stereocenters. The summed E-state index contributed by atoms with van der Waals surface area (Å²) in [6.07, 6.45) is 1.89. The van der Waals surface area contributed by atoms with Gasteiger partial charge in [0.1, 0.15) is 5.82 Å². The number of carbonyl (C=O) groups excluding carboxylic acids is 1. The van der Waals surface area contributed by atoms with Crippen LogP contribution >= 0.6 is 11.6 Å². The molecule has 0 aliphatic carbocycles. The highest BCUT2D eigenvalue weighted by atomic mass is 35.5. The Hall–Kier alpha value is -1.13. The number of carbonyl (C=O) groups is 1. The Kier molecular flexibility index (Phi) is 4.77. The molecule has 0 bridgehead atoms. The molecule has 0 radical (unpaired) electrons. The maximum atomic E-state index is 12.9. The van der Waals surface area contributed by atoms with Gasteiger partial charge in [0.05, 0.1) is 10.6 Å². The van der Waals surface area contributed by atoms with Crippen molar-refractivity contribution in [2.24, 2.45) is 0 Å². The van der Waals surface area contributed by atoms with Crippen molar-refractivity contribution >= 4 is 17.5 Å². The van der Waals surface area contributed by atoms with E-state index in [4.69, 9.17) is 11.6 Å². The van der Waals surface area contributed by atoms with Gasteiger partial charge in [0.2, 0.25) is 0 Å². The third-order valence-electron chi connectivity index (χ3n) is 3.55. The predicted molar refractivity (Wildman–Crippen MR) is 74.0 cm³/mol. The van der Waals surface area contributed by atoms with E-state index in [1.165, 1.54) is 12.1 Å². The fourth-order valence-corrected chi connectivity index (χ4v) is 2.58. The summed E-state index contributed by atoms with van der Waals surface area (Å²) >= 11 is 5.88. The predicted octanol–water partition coefficient (Wildman–Crippen LogP) is 2.69. The maximum absolute atomic E-state index is 12.9. The lowest BCUT2D eigenvalue weighted by atomic mass is 10.0. The minimum atomic E-state index is -0.433. The molecule has 0 atom stereocenters. The number of benzene rings is 1. The molecule has 0 saturated carbocycles. The third-order valence-corrected chi connectivity index (χ3v) is 3.86. The van der Waals surface area contributed by atoms with Crippen LogP contribution in [0.5, 0.6) is 0 Å². The molecule has 3 nitrogen and oxygen atoms in total. The summed E-state index contributed by atoms with van der Waals surface area (Å²) in [5.74, 6) is -0.655. The average Bonchev–Trinajstić information content (AvgIpc) is 2.39. The molecule has 0 spiro atoms. The molecule has 1 fully saturated rings. The van der Waals surface area contributed by atoms with Crippen LogP contribution in [0, 0.1) is 5.82 Å². The molecule has 1 aliphatic heterocycles. The number of nitrogens with zero attached hydrogens (tertiary/aromatic N) is 1. The topological polar surface area (TPSA) is 32.3 Å². The van der Waals surface area contributed by atoms with Gasteiger partial charge in [-0.1, -0.05) is 18.5 Å². The normalized spacial score (nSPS) is 17.4. The smallest absolute Gasteiger partial charge is 0.253 e. The van der Waals surface area contributed by atoms with Crippen molar-refractivity contribution in [3.05, 3.63) is 34.6 Å². The number of halogens is 2. The zero-order chi connectivity index (χ0) is 13.8. The van der Waals surface area contributed by atoms with E-state index < -0.39 is 5.82 Å². The highest BCUT2D eigenvalue weighted by Gasteiger charge is 2.21. The van der Waals surface area contributed by atoms with E-state index in [0.29, 0.717) is 5.56 Å². The van der Waals surface area contributed by atoms with E-state index in [0.717, 1.165) is 38.5 Å². The molecular formula is C14H18ClFN2O. The van der Waals surface area contributed by atoms with Crippen LogP contribution in [0.2, 0.25) is 5.02 Å². The maximum Gasteiger partial charge on any atom is 0.253 e. The number of piperidine rings is 1. The molecule has 1 heterocycles. The number of hydrogen-bond donors (Lipinski definition) is 1. The summed E-state index contributed by atoms with van der Waals surface area (Å²) in [7, 11) is 0. The third kappa shape index (κ3) is 3.67. The van der Waals surface area contributed by atoms with Crippen LogP contribution in [0.1, 0.15) is 30.1 Å². The van der Waals surface area contributed by atoms with Gasteiger partial charge in [-0.15, -0.1) is 0 Å².